The monoisotopic (exact) mass is 568 g/mol. The van der Waals surface area contributed by atoms with Crippen molar-refractivity contribution in [1.82, 2.24) is 0 Å². The number of hydrogen-bond acceptors (Lipinski definition) is 13. The molecule has 0 aliphatic heterocycles. The Morgan fingerprint density at radius 1 is 0.474 bits per heavy atom. The highest BCUT2D eigenvalue weighted by atomic mass is 16.4. The van der Waals surface area contributed by atoms with Gasteiger partial charge in [0.2, 0.25) is 0 Å². The SMILES string of the molecule is CCCCCCC(CCCC)C(=O)O.OCC(O)CO.OCC(O)CO.OCC(O)CO.OCC(O)CO. The first-order chi connectivity index (χ1) is 18.0. The van der Waals surface area contributed by atoms with Gasteiger partial charge in [-0.1, -0.05) is 52.4 Å². The Balaban J connectivity index is -0.000000128. The van der Waals surface area contributed by atoms with Gasteiger partial charge in [-0.2, -0.15) is 0 Å². The topological polar surface area (TPSA) is 280 Å². The van der Waals surface area contributed by atoms with Crippen LogP contribution in [-0.4, -0.2) is 150 Å². The summed E-state index contributed by atoms with van der Waals surface area (Å²) in [6, 6.07) is 0. The number of aliphatic hydroxyl groups excluding tert-OH is 12. The van der Waals surface area contributed by atoms with Crippen LogP contribution in [0.1, 0.15) is 65.2 Å². The molecule has 0 aromatic rings. The lowest BCUT2D eigenvalue weighted by Gasteiger charge is -2.10. The maximum Gasteiger partial charge on any atom is 0.306 e. The number of aliphatic hydroxyl groups is 12. The molecule has 13 N–H and O–H groups in total. The van der Waals surface area contributed by atoms with Gasteiger partial charge in [-0.3, -0.25) is 4.79 Å². The summed E-state index contributed by atoms with van der Waals surface area (Å²) in [4.78, 5) is 10.9. The third kappa shape index (κ3) is 48.1. The van der Waals surface area contributed by atoms with Gasteiger partial charge in [0, 0.05) is 0 Å². The molecule has 1 atom stereocenters. The first-order valence-corrected chi connectivity index (χ1v) is 12.8. The smallest absolute Gasteiger partial charge is 0.306 e. The first-order valence-electron chi connectivity index (χ1n) is 12.8. The molecule has 0 saturated carbocycles. The molecule has 0 saturated heterocycles. The third-order valence-corrected chi connectivity index (χ3v) is 4.35. The van der Waals surface area contributed by atoms with Crippen molar-refractivity contribution in [3.63, 3.8) is 0 Å². The van der Waals surface area contributed by atoms with E-state index in [9.17, 15) is 4.79 Å². The van der Waals surface area contributed by atoms with E-state index in [1.165, 1.54) is 19.3 Å². The van der Waals surface area contributed by atoms with Gasteiger partial charge in [0.25, 0.3) is 0 Å². The number of unbranched alkanes of at least 4 members (excludes halogenated alkanes) is 4. The van der Waals surface area contributed by atoms with Crippen molar-refractivity contribution in [3.8, 4) is 0 Å². The van der Waals surface area contributed by atoms with Crippen LogP contribution in [-0.2, 0) is 4.79 Å². The molecule has 0 heterocycles. The largest absolute Gasteiger partial charge is 0.481 e. The molecular formula is C24H56O14. The van der Waals surface area contributed by atoms with Gasteiger partial charge in [0.1, 0.15) is 24.4 Å². The Bertz CT molecular complexity index is 362. The number of hydrogen-bond donors (Lipinski definition) is 13. The fraction of sp³-hybridized carbons (Fsp3) is 0.958. The number of aliphatic carboxylic acids is 1. The highest BCUT2D eigenvalue weighted by Crippen LogP contribution is 2.17. The Hall–Kier alpha value is -1.01. The fourth-order valence-corrected chi connectivity index (χ4v) is 1.89. The Morgan fingerprint density at radius 3 is 0.921 bits per heavy atom. The van der Waals surface area contributed by atoms with Crippen LogP contribution in [0.4, 0.5) is 0 Å². The van der Waals surface area contributed by atoms with Crippen LogP contribution >= 0.6 is 0 Å². The van der Waals surface area contributed by atoms with Gasteiger partial charge in [0.05, 0.1) is 58.8 Å². The third-order valence-electron chi connectivity index (χ3n) is 4.35. The summed E-state index contributed by atoms with van der Waals surface area (Å²) in [5, 5.41) is 105. The van der Waals surface area contributed by atoms with Crippen LogP contribution < -0.4 is 0 Å². The average Bonchev–Trinajstić information content (AvgIpc) is 2.95. The molecule has 236 valence electrons. The normalized spacial score (nSPS) is 11.0. The second-order valence-electron chi connectivity index (χ2n) is 8.10. The Labute approximate surface area is 226 Å². The molecule has 0 spiro atoms. The van der Waals surface area contributed by atoms with E-state index < -0.39 is 30.4 Å². The zero-order valence-electron chi connectivity index (χ0n) is 22.9. The van der Waals surface area contributed by atoms with Gasteiger partial charge in [-0.25, -0.2) is 0 Å². The van der Waals surface area contributed by atoms with Gasteiger partial charge >= 0.3 is 5.97 Å². The lowest BCUT2D eigenvalue weighted by molar-refractivity contribution is -0.142. The van der Waals surface area contributed by atoms with Gasteiger partial charge < -0.3 is 66.4 Å². The predicted molar refractivity (Wildman–Crippen MR) is 140 cm³/mol. The summed E-state index contributed by atoms with van der Waals surface area (Å²) in [6.07, 6.45) is 4.77. The van der Waals surface area contributed by atoms with Gasteiger partial charge in [-0.15, -0.1) is 0 Å². The maximum atomic E-state index is 10.9. The molecule has 1 unspecified atom stereocenters. The summed E-state index contributed by atoms with van der Waals surface area (Å²) in [7, 11) is 0. The molecule has 0 rings (SSSR count). The molecule has 14 nitrogen and oxygen atoms in total. The number of carboxylic acid groups (broad SMARTS) is 1. The van der Waals surface area contributed by atoms with Gasteiger partial charge in [-0.05, 0) is 12.8 Å². The van der Waals surface area contributed by atoms with E-state index in [0.29, 0.717) is 0 Å². The van der Waals surface area contributed by atoms with E-state index in [4.69, 9.17) is 66.4 Å². The standard InChI is InChI=1S/C12H24O2.4C3H8O3/c1-3-5-7-8-10-11(12(13)14)9-6-4-2;4*4-1-3(6)2-5/h11H,3-10H2,1-2H3,(H,13,14);4*3-6H,1-2H2. The van der Waals surface area contributed by atoms with Crippen LogP contribution in [0.15, 0.2) is 0 Å². The lowest BCUT2D eigenvalue weighted by atomic mass is 9.95. The predicted octanol–water partition coefficient (Wildman–Crippen LogP) is -2.82. The summed E-state index contributed by atoms with van der Waals surface area (Å²) in [5.74, 6) is -0.693. The molecular weight excluding hydrogens is 512 g/mol. The zero-order valence-corrected chi connectivity index (χ0v) is 22.9. The Morgan fingerprint density at radius 2 is 0.737 bits per heavy atom. The molecule has 14 heteroatoms. The van der Waals surface area contributed by atoms with E-state index in [2.05, 4.69) is 13.8 Å². The molecule has 0 aromatic carbocycles. The van der Waals surface area contributed by atoms with Crippen LogP contribution in [0.3, 0.4) is 0 Å². The molecule has 0 amide bonds. The summed E-state index contributed by atoms with van der Waals surface area (Å²) < 4.78 is 0. The van der Waals surface area contributed by atoms with Crippen LogP contribution in [0.2, 0.25) is 0 Å². The van der Waals surface area contributed by atoms with Crippen LogP contribution in [0, 0.1) is 5.92 Å². The first kappa shape index (κ1) is 46.8. The number of carboxylic acids is 1. The number of carbonyl (C=O) groups is 1. The van der Waals surface area contributed by atoms with Crippen molar-refractivity contribution in [2.24, 2.45) is 5.92 Å². The van der Waals surface area contributed by atoms with Crippen molar-refractivity contribution in [3.05, 3.63) is 0 Å². The zero-order chi connectivity index (χ0) is 30.8. The quantitative estimate of drug-likeness (QED) is 0.0788. The fourth-order valence-electron chi connectivity index (χ4n) is 1.89. The molecule has 0 bridgehead atoms. The minimum absolute atomic E-state index is 0.0909. The summed E-state index contributed by atoms with van der Waals surface area (Å²) >= 11 is 0. The van der Waals surface area contributed by atoms with E-state index in [0.717, 1.165) is 32.1 Å². The second-order valence-corrected chi connectivity index (χ2v) is 8.10. The number of rotatable bonds is 17. The molecule has 0 fully saturated rings. The van der Waals surface area contributed by atoms with E-state index in [-0.39, 0.29) is 58.8 Å². The van der Waals surface area contributed by atoms with Crippen LogP contribution in [0.25, 0.3) is 0 Å². The van der Waals surface area contributed by atoms with E-state index in [1.54, 1.807) is 0 Å². The second kappa shape index (κ2) is 40.5. The van der Waals surface area contributed by atoms with E-state index >= 15 is 0 Å². The minimum Gasteiger partial charge on any atom is -0.481 e. The van der Waals surface area contributed by atoms with Crippen molar-refractivity contribution in [2.75, 3.05) is 52.9 Å². The molecule has 0 aliphatic carbocycles. The maximum absolute atomic E-state index is 10.9. The van der Waals surface area contributed by atoms with Crippen molar-refractivity contribution in [2.45, 2.75) is 89.6 Å². The van der Waals surface area contributed by atoms with E-state index in [1.807, 2.05) is 0 Å². The molecule has 0 radical (unpaired) electrons. The molecule has 38 heavy (non-hydrogen) atoms. The molecule has 0 aromatic heterocycles. The summed E-state index contributed by atoms with van der Waals surface area (Å²) in [5.41, 5.74) is 0. The lowest BCUT2D eigenvalue weighted by Crippen LogP contribution is -2.15. The van der Waals surface area contributed by atoms with Crippen molar-refractivity contribution < 1.29 is 71.2 Å². The van der Waals surface area contributed by atoms with Crippen molar-refractivity contribution >= 4 is 5.97 Å². The highest BCUT2D eigenvalue weighted by Gasteiger charge is 2.15. The average molecular weight is 569 g/mol. The molecule has 0 aliphatic rings. The minimum atomic E-state index is -0.954. The van der Waals surface area contributed by atoms with Gasteiger partial charge in [0.15, 0.2) is 0 Å². The highest BCUT2D eigenvalue weighted by molar-refractivity contribution is 5.69. The van der Waals surface area contributed by atoms with Crippen molar-refractivity contribution in [1.29, 1.82) is 0 Å². The van der Waals surface area contributed by atoms with Crippen LogP contribution in [0.5, 0.6) is 0 Å². The summed E-state index contributed by atoms with van der Waals surface area (Å²) in [6.45, 7) is 1.36. The Kier molecular flexibility index (Phi) is 49.9.